The van der Waals surface area contributed by atoms with Crippen LogP contribution in [0.4, 0.5) is 0 Å². The molecule has 2 heterocycles. The molecule has 206 valence electrons. The number of aromatic nitrogens is 1. The first-order chi connectivity index (χ1) is 20.0. The Labute approximate surface area is 240 Å². The summed E-state index contributed by atoms with van der Waals surface area (Å²) >= 11 is 0. The van der Waals surface area contributed by atoms with Crippen molar-refractivity contribution in [3.63, 3.8) is 0 Å². The maximum Gasteiger partial charge on any atom is 0.255 e. The van der Waals surface area contributed by atoms with E-state index in [1.807, 2.05) is 122 Å². The number of carbonyl (C=O) groups excluding carboxylic acids is 2. The molecule has 0 N–H and O–H groups in total. The van der Waals surface area contributed by atoms with E-state index >= 15 is 0 Å². The Morgan fingerprint density at radius 2 is 1.56 bits per heavy atom. The minimum absolute atomic E-state index is 0.00284. The van der Waals surface area contributed by atoms with E-state index < -0.39 is 0 Å². The van der Waals surface area contributed by atoms with Gasteiger partial charge in [0.05, 0.1) is 6.04 Å². The lowest BCUT2D eigenvalue weighted by atomic mass is 9.99. The fourth-order valence-electron chi connectivity index (χ4n) is 5.67. The van der Waals surface area contributed by atoms with E-state index in [4.69, 9.17) is 4.74 Å². The first kappa shape index (κ1) is 26.4. The van der Waals surface area contributed by atoms with Crippen LogP contribution < -0.4 is 4.74 Å². The third-order valence-electron chi connectivity index (χ3n) is 7.72. The highest BCUT2D eigenvalue weighted by Crippen LogP contribution is 2.35. The van der Waals surface area contributed by atoms with Crippen LogP contribution in [-0.4, -0.2) is 45.3 Å². The van der Waals surface area contributed by atoms with Crippen molar-refractivity contribution in [2.45, 2.75) is 32.5 Å². The molecule has 5 aromatic rings. The second kappa shape index (κ2) is 11.3. The maximum atomic E-state index is 14.1. The predicted molar refractivity (Wildman–Crippen MR) is 161 cm³/mol. The van der Waals surface area contributed by atoms with Gasteiger partial charge in [-0.2, -0.15) is 0 Å². The lowest BCUT2D eigenvalue weighted by molar-refractivity contribution is -0.135. The van der Waals surface area contributed by atoms with E-state index in [9.17, 15) is 9.59 Å². The molecular formula is C35H33N3O3. The predicted octanol–water partition coefficient (Wildman–Crippen LogP) is 6.92. The Morgan fingerprint density at radius 1 is 0.829 bits per heavy atom. The normalized spacial score (nSPS) is 14.6. The van der Waals surface area contributed by atoms with Gasteiger partial charge in [0, 0.05) is 36.6 Å². The topological polar surface area (TPSA) is 54.8 Å². The van der Waals surface area contributed by atoms with Crippen molar-refractivity contribution in [1.82, 2.24) is 14.4 Å². The third-order valence-corrected chi connectivity index (χ3v) is 7.72. The number of ether oxygens (including phenoxy) is 1. The zero-order chi connectivity index (χ0) is 28.3. The minimum atomic E-state index is -0.299. The van der Waals surface area contributed by atoms with Gasteiger partial charge in [0.25, 0.3) is 5.91 Å². The van der Waals surface area contributed by atoms with Crippen LogP contribution in [0.15, 0.2) is 115 Å². The summed E-state index contributed by atoms with van der Waals surface area (Å²) in [7, 11) is 0. The molecule has 2 amide bonds. The molecule has 6 nitrogen and oxygen atoms in total. The van der Waals surface area contributed by atoms with Gasteiger partial charge in [-0.15, -0.1) is 0 Å². The summed E-state index contributed by atoms with van der Waals surface area (Å²) in [5.41, 5.74) is 2.61. The summed E-state index contributed by atoms with van der Waals surface area (Å²) < 4.78 is 8.32. The molecule has 6 heteroatoms. The summed E-state index contributed by atoms with van der Waals surface area (Å²) in [5.74, 6) is 1.24. The van der Waals surface area contributed by atoms with Gasteiger partial charge in [-0.05, 0) is 72.6 Å². The average Bonchev–Trinajstić information content (AvgIpc) is 3.48. The lowest BCUT2D eigenvalue weighted by Gasteiger charge is -2.39. The van der Waals surface area contributed by atoms with E-state index in [2.05, 4.69) is 16.8 Å². The lowest BCUT2D eigenvalue weighted by Crippen LogP contribution is -2.49. The second-order valence-corrected chi connectivity index (χ2v) is 10.7. The van der Waals surface area contributed by atoms with Gasteiger partial charge >= 0.3 is 0 Å². The summed E-state index contributed by atoms with van der Waals surface area (Å²) in [5, 5.41) is 1.89. The van der Waals surface area contributed by atoms with E-state index in [-0.39, 0.29) is 30.4 Å². The largest absolute Gasteiger partial charge is 0.457 e. The van der Waals surface area contributed by atoms with E-state index in [1.165, 1.54) is 0 Å². The van der Waals surface area contributed by atoms with Crippen LogP contribution in [0.5, 0.6) is 11.5 Å². The van der Waals surface area contributed by atoms with Crippen molar-refractivity contribution in [2.75, 3.05) is 13.1 Å². The van der Waals surface area contributed by atoms with Gasteiger partial charge in [-0.25, -0.2) is 0 Å². The fourth-order valence-corrected chi connectivity index (χ4v) is 5.67. The monoisotopic (exact) mass is 543 g/mol. The molecule has 0 unspecified atom stereocenters. The molecule has 6 rings (SSSR count). The van der Waals surface area contributed by atoms with Crippen LogP contribution in [0, 0.1) is 0 Å². The highest BCUT2D eigenvalue weighted by molar-refractivity contribution is 6.07. The smallest absolute Gasteiger partial charge is 0.255 e. The molecule has 1 aliphatic rings. The molecule has 1 atom stereocenters. The number of benzene rings is 4. The molecule has 0 spiro atoms. The standard InChI is InChI=1S/C35H33N3O3/c1-25(2)38(35(40)31-18-9-12-26-11-6-7-17-30(26)31)24-33(39)37-22-21-36-20-10-19-32(36)34(37)27-13-8-16-29(23-27)41-28-14-4-3-5-15-28/h3-20,23,25,34H,21-22,24H2,1-2H3/t34-/m0/s1. The summed E-state index contributed by atoms with van der Waals surface area (Å²) in [4.78, 5) is 31.6. The van der Waals surface area contributed by atoms with Crippen LogP contribution in [0.3, 0.4) is 0 Å². The maximum absolute atomic E-state index is 14.1. The van der Waals surface area contributed by atoms with Crippen molar-refractivity contribution in [1.29, 1.82) is 0 Å². The van der Waals surface area contributed by atoms with Gasteiger partial charge in [-0.1, -0.05) is 66.7 Å². The van der Waals surface area contributed by atoms with Crippen LogP contribution in [-0.2, 0) is 11.3 Å². The van der Waals surface area contributed by atoms with Gasteiger partial charge in [-0.3, -0.25) is 9.59 Å². The zero-order valence-electron chi connectivity index (χ0n) is 23.3. The fraction of sp³-hybridized carbons (Fsp3) is 0.200. The Morgan fingerprint density at radius 3 is 2.39 bits per heavy atom. The number of fused-ring (bicyclic) bond motifs is 2. The SMILES string of the molecule is CC(C)N(CC(=O)N1CCn2cccc2[C@@H]1c1cccc(Oc2ccccc2)c1)C(=O)c1cccc2ccccc12. The third kappa shape index (κ3) is 5.33. The molecule has 0 bridgehead atoms. The van der Waals surface area contributed by atoms with Gasteiger partial charge in [0.2, 0.25) is 5.91 Å². The molecule has 0 aliphatic carbocycles. The van der Waals surface area contributed by atoms with Crippen LogP contribution in [0.2, 0.25) is 0 Å². The molecule has 0 saturated carbocycles. The average molecular weight is 544 g/mol. The molecule has 41 heavy (non-hydrogen) atoms. The number of para-hydroxylation sites is 1. The summed E-state index contributed by atoms with van der Waals surface area (Å²) in [6.07, 6.45) is 2.05. The van der Waals surface area contributed by atoms with E-state index in [0.29, 0.717) is 24.4 Å². The Balaban J connectivity index is 1.30. The number of amides is 2. The van der Waals surface area contributed by atoms with Crippen LogP contribution in [0.25, 0.3) is 10.8 Å². The van der Waals surface area contributed by atoms with Gasteiger partial charge < -0.3 is 19.1 Å². The number of rotatable bonds is 7. The molecule has 0 saturated heterocycles. The van der Waals surface area contributed by atoms with Crippen molar-refractivity contribution in [3.05, 3.63) is 132 Å². The van der Waals surface area contributed by atoms with Gasteiger partial charge in [0.1, 0.15) is 18.0 Å². The van der Waals surface area contributed by atoms with Gasteiger partial charge in [0.15, 0.2) is 0 Å². The zero-order valence-corrected chi connectivity index (χ0v) is 23.3. The molecule has 0 radical (unpaired) electrons. The van der Waals surface area contributed by atoms with E-state index in [1.54, 1.807) is 4.90 Å². The first-order valence-corrected chi connectivity index (χ1v) is 14.1. The number of carbonyl (C=O) groups is 2. The Hall–Kier alpha value is -4.84. The summed E-state index contributed by atoms with van der Waals surface area (Å²) in [6, 6.07) is 34.8. The van der Waals surface area contributed by atoms with Crippen LogP contribution in [0.1, 0.15) is 41.5 Å². The van der Waals surface area contributed by atoms with Crippen molar-refractivity contribution < 1.29 is 14.3 Å². The number of hydrogen-bond acceptors (Lipinski definition) is 3. The highest BCUT2D eigenvalue weighted by atomic mass is 16.5. The molecule has 4 aromatic carbocycles. The second-order valence-electron chi connectivity index (χ2n) is 10.7. The first-order valence-electron chi connectivity index (χ1n) is 14.1. The van der Waals surface area contributed by atoms with Crippen molar-refractivity contribution in [3.8, 4) is 11.5 Å². The Bertz CT molecular complexity index is 1690. The molecule has 0 fully saturated rings. The van der Waals surface area contributed by atoms with Crippen molar-refractivity contribution in [2.24, 2.45) is 0 Å². The molecular weight excluding hydrogens is 510 g/mol. The quantitative estimate of drug-likeness (QED) is 0.224. The molecule has 1 aliphatic heterocycles. The minimum Gasteiger partial charge on any atom is -0.457 e. The Kier molecular flexibility index (Phi) is 7.30. The number of hydrogen-bond donors (Lipinski definition) is 0. The number of nitrogens with zero attached hydrogens (tertiary/aromatic N) is 3. The summed E-state index contributed by atoms with van der Waals surface area (Å²) in [6.45, 7) is 5.16. The van der Waals surface area contributed by atoms with Crippen LogP contribution >= 0.6 is 0 Å². The van der Waals surface area contributed by atoms with Crippen molar-refractivity contribution >= 4 is 22.6 Å². The van der Waals surface area contributed by atoms with E-state index in [0.717, 1.165) is 27.8 Å². The molecule has 1 aromatic heterocycles. The highest BCUT2D eigenvalue weighted by Gasteiger charge is 2.34.